The number of aryl methyl sites for hydroxylation is 4. The molecule has 4 unspecified atom stereocenters. The minimum absolute atomic E-state index is 0. The summed E-state index contributed by atoms with van der Waals surface area (Å²) in [4.78, 5) is 0. The molecular weight excluding hydrogens is 1640 g/mol. The number of benzene rings is 8. The smallest absolute Gasteiger partial charge is 1.00 e. The van der Waals surface area contributed by atoms with E-state index in [1.165, 1.54) is 276 Å². The van der Waals surface area contributed by atoms with E-state index in [1.54, 1.807) is 89.0 Å². The average molecular weight is 1780 g/mol. The number of hydrogen-bond acceptors (Lipinski definition) is 0. The summed E-state index contributed by atoms with van der Waals surface area (Å²) in [6.45, 7) is 36.1. The molecule has 22 rings (SSSR count). The topological polar surface area (TPSA) is 0 Å². The van der Waals surface area contributed by atoms with E-state index in [0.29, 0.717) is 23.7 Å². The molecule has 2 heterocycles. The molecule has 0 N–H and O–H groups in total. The van der Waals surface area contributed by atoms with Crippen molar-refractivity contribution >= 4 is 41.9 Å². The third-order valence-electron chi connectivity index (χ3n) is 36.8. The molecule has 4 atom stereocenters. The summed E-state index contributed by atoms with van der Waals surface area (Å²) in [6, 6.07) is 55.3. The molecule has 642 valence electrons. The average Bonchev–Trinajstić information content (AvgIpc) is 1.47. The Morgan fingerprint density at radius 3 is 0.650 bits per heavy atom. The van der Waals surface area contributed by atoms with Gasteiger partial charge < -0.3 is 24.8 Å². The van der Waals surface area contributed by atoms with E-state index in [-0.39, 0.29) is 57.5 Å². The summed E-state index contributed by atoms with van der Waals surface area (Å²) in [6.07, 6.45) is 60.9. The van der Waals surface area contributed by atoms with E-state index in [9.17, 15) is 0 Å². The molecule has 123 heavy (non-hydrogen) atoms. The van der Waals surface area contributed by atoms with Crippen molar-refractivity contribution < 1.29 is 45.1 Å². The first kappa shape index (κ1) is 85.7. The second-order valence-electron chi connectivity index (χ2n) is 47.1. The minimum Gasteiger partial charge on any atom is -1.00 e. The fraction of sp³-hybridized carbons (Fsp3) is 0.525. The van der Waals surface area contributed by atoms with Crippen molar-refractivity contribution in [2.24, 2.45) is 23.7 Å². The predicted molar refractivity (Wildman–Crippen MR) is 520 cm³/mol. The standard InChI is InChI=1S/2C59H72Si.2ClH.Zr/c2*1-58(2,3)46-28-24-40(25-29-46)54-48-22-14-20-42(48)34-52-50(54)36-44(32-38-16-10-8-11-17-38)56(52)60(7)57-45(33-39-18-12-9-13-19-39)37-51-53(57)35-43-21-15-23-49(43)55(51)41-26-30-47(31-27-41)59(4,5)6;;;/h2*24-31,34-39,60H,8-23,32-33H2,1-7H3;2*1H;/q;;;;+2/p-2. The van der Waals surface area contributed by atoms with Gasteiger partial charge in [-0.2, -0.15) is 0 Å². The van der Waals surface area contributed by atoms with Crippen LogP contribution in [-0.2, 0) is 104 Å². The zero-order valence-corrected chi connectivity index (χ0v) is 84.3. The van der Waals surface area contributed by atoms with Gasteiger partial charge in [-0.3, -0.25) is 0 Å². The van der Waals surface area contributed by atoms with Crippen molar-refractivity contribution in [1.29, 1.82) is 0 Å². The molecule has 4 saturated carbocycles. The molecule has 0 bridgehead atoms. The Bertz CT molecular complexity index is 4950. The van der Waals surface area contributed by atoms with Crippen molar-refractivity contribution in [1.82, 2.24) is 0 Å². The molecule has 5 heteroatoms. The Labute approximate surface area is 763 Å². The van der Waals surface area contributed by atoms with Crippen LogP contribution in [0.25, 0.3) is 68.8 Å². The van der Waals surface area contributed by atoms with Gasteiger partial charge in [0.15, 0.2) is 0 Å². The van der Waals surface area contributed by atoms with Gasteiger partial charge in [0.2, 0.25) is 0 Å². The Kier molecular flexibility index (Phi) is 21.9. The van der Waals surface area contributed by atoms with E-state index in [1.807, 2.05) is 22.3 Å². The van der Waals surface area contributed by atoms with Gasteiger partial charge in [-0.1, -0.05) is 0 Å². The van der Waals surface area contributed by atoms with E-state index < -0.39 is 37.9 Å². The van der Waals surface area contributed by atoms with Crippen molar-refractivity contribution in [3.8, 4) is 44.5 Å². The Morgan fingerprint density at radius 1 is 0.268 bits per heavy atom. The molecular formula is C118H144Cl2Si2Zr. The van der Waals surface area contributed by atoms with Crippen LogP contribution in [0.1, 0.15) is 374 Å². The molecule has 5 spiro atoms. The number of rotatable bonds is 12. The van der Waals surface area contributed by atoms with Gasteiger partial charge in [-0.25, -0.2) is 0 Å². The normalized spacial score (nSPS) is 26.4. The summed E-state index contributed by atoms with van der Waals surface area (Å²) in [7, 11) is -4.76. The molecule has 0 amide bonds. The second-order valence-corrected chi connectivity index (χ2v) is 70.5. The van der Waals surface area contributed by atoms with Gasteiger partial charge >= 0.3 is 745 Å². The largest absolute Gasteiger partial charge is 1.00 e. The predicted octanol–water partition coefficient (Wildman–Crippen LogP) is 24.9. The van der Waals surface area contributed by atoms with Crippen LogP contribution in [0.4, 0.5) is 0 Å². The van der Waals surface area contributed by atoms with Crippen LogP contribution in [0.3, 0.4) is 0 Å². The second kappa shape index (κ2) is 31.5. The molecule has 8 aromatic carbocycles. The molecule has 8 aromatic rings. The third kappa shape index (κ3) is 12.5. The summed E-state index contributed by atoms with van der Waals surface area (Å²) in [5, 5.41) is 0. The van der Waals surface area contributed by atoms with Gasteiger partial charge in [0.25, 0.3) is 0 Å². The maximum atomic E-state index is 3.30. The van der Waals surface area contributed by atoms with E-state index >= 15 is 0 Å². The number of hydrogen-bond donors (Lipinski definition) is 0. The molecule has 12 aliphatic carbocycles. The summed E-state index contributed by atoms with van der Waals surface area (Å²) in [5.74, 6) is 2.81. The van der Waals surface area contributed by atoms with Gasteiger partial charge in [-0.05, 0) is 0 Å². The maximum Gasteiger partial charge on any atom is -1.00 e. The maximum absolute atomic E-state index is 5.54. The molecule has 6 fully saturated rings. The summed E-state index contributed by atoms with van der Waals surface area (Å²) < 4.78 is -0.162. The van der Waals surface area contributed by atoms with Crippen LogP contribution in [0.5, 0.6) is 0 Å². The fourth-order valence-electron chi connectivity index (χ4n) is 31.8. The first-order chi connectivity index (χ1) is 58.3. The fourth-order valence-corrected chi connectivity index (χ4v) is 104. The number of allylic oxidation sites excluding steroid dienone is 4. The third-order valence-corrected chi connectivity index (χ3v) is 85.2. The molecule has 14 aliphatic rings. The van der Waals surface area contributed by atoms with Crippen LogP contribution in [-0.4, -0.2) is 17.6 Å². The quantitative estimate of drug-likeness (QED) is 0.107. The zero-order chi connectivity index (χ0) is 82.9. The van der Waals surface area contributed by atoms with Crippen molar-refractivity contribution in [3.63, 3.8) is 0 Å². The van der Waals surface area contributed by atoms with E-state index in [2.05, 4.69) is 264 Å². The Balaban J connectivity index is 0.00000480. The van der Waals surface area contributed by atoms with Crippen LogP contribution in [0.2, 0.25) is 13.1 Å². The van der Waals surface area contributed by atoms with Crippen LogP contribution >= 0.6 is 0 Å². The van der Waals surface area contributed by atoms with Gasteiger partial charge in [-0.15, -0.1) is 0 Å². The molecule has 0 nitrogen and oxygen atoms in total. The van der Waals surface area contributed by atoms with Gasteiger partial charge in [0.1, 0.15) is 0 Å². The van der Waals surface area contributed by atoms with E-state index in [0.717, 1.165) is 0 Å². The van der Waals surface area contributed by atoms with Gasteiger partial charge in [0, 0.05) is 0 Å². The molecule has 0 aromatic heterocycles. The SMILES string of the molecule is C[SiH]1[C]2(C(CC3CCCCC3)=Cc3c2cc2c(c3-c3ccc(C(C)(C)C)cc3)CCC2)[Zr+2]2([C]13C(CC1CCCCC1)=Cc1c3cc3c(c1-c1ccc(C(C)(C)C)cc1)CCC3)[C]1(C(CC3CCCCC3)=Cc3c1cc1c(c3-c3ccc(C(C)(C)C)cc3)CCC1)[SiH](C)[C]21C(CC2CCCCC2)=Cc2c1cc1c(c2-c2ccc(C(C)(C)C)cc2)CCC1.[Cl-].[Cl-]. The van der Waals surface area contributed by atoms with E-state index in [4.69, 9.17) is 0 Å². The van der Waals surface area contributed by atoms with Crippen molar-refractivity contribution in [3.05, 3.63) is 255 Å². The minimum atomic E-state index is -5.54. The number of fused-ring (bicyclic) bond motifs is 16. The summed E-state index contributed by atoms with van der Waals surface area (Å²) >= 11 is -5.54. The van der Waals surface area contributed by atoms with Gasteiger partial charge in [0.05, 0.1) is 0 Å². The van der Waals surface area contributed by atoms with Crippen LogP contribution < -0.4 is 24.8 Å². The molecule has 0 radical (unpaired) electrons. The zero-order valence-electron chi connectivity index (χ0n) is 78.0. The first-order valence-electron chi connectivity index (χ1n) is 50.4. The Hall–Kier alpha value is -5.38. The molecule has 2 aliphatic heterocycles. The van der Waals surface area contributed by atoms with Crippen molar-refractivity contribution in [2.75, 3.05) is 0 Å². The van der Waals surface area contributed by atoms with Crippen LogP contribution in [0, 0.1) is 23.7 Å². The van der Waals surface area contributed by atoms with Crippen molar-refractivity contribution in [2.45, 2.75) is 360 Å². The van der Waals surface area contributed by atoms with Crippen LogP contribution in [0.15, 0.2) is 144 Å². The summed E-state index contributed by atoms with van der Waals surface area (Å²) in [5.41, 5.74) is 56.0. The number of halogens is 2. The molecule has 2 saturated heterocycles. The Morgan fingerprint density at radius 2 is 0.463 bits per heavy atom. The first-order valence-corrected chi connectivity index (χ1v) is 59.9. The monoisotopic (exact) mass is 1780 g/mol.